The lowest BCUT2D eigenvalue weighted by molar-refractivity contribution is -0.141. The van der Waals surface area contributed by atoms with E-state index >= 15 is 0 Å². The van der Waals surface area contributed by atoms with Gasteiger partial charge in [0, 0.05) is 23.6 Å². The second-order valence-electron chi connectivity index (χ2n) is 11.3. The fourth-order valence-corrected chi connectivity index (χ4v) is 5.43. The van der Waals surface area contributed by atoms with Crippen molar-refractivity contribution < 1.29 is 24.2 Å². The Kier molecular flexibility index (Phi) is 11.4. The Hall–Kier alpha value is -3.35. The second-order valence-corrected chi connectivity index (χ2v) is 11.3. The zero-order valence-corrected chi connectivity index (χ0v) is 25.4. The number of carbonyl (C=O) groups is 2. The summed E-state index contributed by atoms with van der Waals surface area (Å²) in [5.41, 5.74) is 2.94. The van der Waals surface area contributed by atoms with Gasteiger partial charge in [-0.1, -0.05) is 36.8 Å². The van der Waals surface area contributed by atoms with E-state index in [2.05, 4.69) is 44.7 Å². The van der Waals surface area contributed by atoms with Crippen molar-refractivity contribution in [2.75, 3.05) is 6.54 Å². The van der Waals surface area contributed by atoms with Crippen molar-refractivity contribution in [1.82, 2.24) is 4.90 Å². The Morgan fingerprint density at radius 1 is 0.902 bits per heavy atom. The third kappa shape index (κ3) is 7.90. The Labute approximate surface area is 250 Å². The topological polar surface area (TPSA) is 76.1 Å². The smallest absolute Gasteiger partial charge is 0.343 e. The van der Waals surface area contributed by atoms with Gasteiger partial charge in [0.25, 0.3) is 0 Å². The maximum absolute atomic E-state index is 13.3. The number of rotatable bonds is 11. The van der Waals surface area contributed by atoms with Gasteiger partial charge in [0.15, 0.2) is 0 Å². The Balaban J connectivity index is 0.00000462. The van der Waals surface area contributed by atoms with Crippen LogP contribution in [0.25, 0.3) is 0 Å². The first-order chi connectivity index (χ1) is 19.2. The molecule has 0 saturated heterocycles. The Bertz CT molecular complexity index is 1290. The van der Waals surface area contributed by atoms with Crippen LogP contribution >= 0.6 is 12.4 Å². The zero-order chi connectivity index (χ0) is 28.8. The fraction of sp³-hybridized carbons (Fsp3) is 0.412. The van der Waals surface area contributed by atoms with Gasteiger partial charge in [0.05, 0.1) is 11.5 Å². The summed E-state index contributed by atoms with van der Waals surface area (Å²) in [5, 5.41) is 10.7. The van der Waals surface area contributed by atoms with Crippen LogP contribution in [0.15, 0.2) is 66.7 Å². The summed E-state index contributed by atoms with van der Waals surface area (Å²) in [4.78, 5) is 27.9. The number of nitrogens with zero attached hydrogens (tertiary/aromatic N) is 1. The van der Waals surface area contributed by atoms with E-state index in [0.717, 1.165) is 43.4 Å². The number of carbonyl (C=O) groups excluding carboxylic acids is 2. The molecule has 0 bridgehead atoms. The highest BCUT2D eigenvalue weighted by atomic mass is 35.5. The third-order valence-electron chi connectivity index (χ3n) is 7.95. The molecule has 0 aromatic heterocycles. The predicted molar refractivity (Wildman–Crippen MR) is 164 cm³/mol. The van der Waals surface area contributed by atoms with Crippen LogP contribution in [0, 0.1) is 12.8 Å². The standard InChI is InChI=1S/C34H41NO5.ClH/c1-22(2)35(23(3)4)21-20-29(25-10-7-6-8-11-25)32-24(5)30(36)18-19-31(32)40-34(38)27-14-16-28(17-15-27)39-33(37)26-12-9-13-26;/h6-8,10-11,14-19,22-23,26,29,36H,9,12-13,20-21H2,1-5H3;1H/t29-;/m1./s1. The Morgan fingerprint density at radius 2 is 1.54 bits per heavy atom. The zero-order valence-electron chi connectivity index (χ0n) is 24.6. The maximum Gasteiger partial charge on any atom is 0.343 e. The number of halogens is 1. The van der Waals surface area contributed by atoms with Crippen molar-refractivity contribution >= 4 is 24.3 Å². The molecule has 4 rings (SSSR count). The summed E-state index contributed by atoms with van der Waals surface area (Å²) >= 11 is 0. The Morgan fingerprint density at radius 3 is 2.10 bits per heavy atom. The summed E-state index contributed by atoms with van der Waals surface area (Å²) in [7, 11) is 0. The van der Waals surface area contributed by atoms with E-state index in [9.17, 15) is 14.7 Å². The first-order valence-electron chi connectivity index (χ1n) is 14.3. The average Bonchev–Trinajstić information content (AvgIpc) is 2.89. The molecule has 0 heterocycles. The number of phenolic OH excluding ortho intramolecular Hbond substituents is 1. The molecule has 6 nitrogen and oxygen atoms in total. The van der Waals surface area contributed by atoms with E-state index in [-0.39, 0.29) is 36.0 Å². The van der Waals surface area contributed by atoms with Crippen molar-refractivity contribution in [3.8, 4) is 17.2 Å². The van der Waals surface area contributed by atoms with E-state index in [0.29, 0.717) is 34.7 Å². The molecule has 0 aliphatic heterocycles. The van der Waals surface area contributed by atoms with Gasteiger partial charge < -0.3 is 14.6 Å². The first kappa shape index (κ1) is 32.2. The number of ether oxygens (including phenoxy) is 2. The SMILES string of the molecule is Cc1c(O)ccc(OC(=O)c2ccc(OC(=O)C3CCC3)cc2)c1[C@H](CCN(C(C)C)C(C)C)c1ccccc1.Cl. The highest BCUT2D eigenvalue weighted by molar-refractivity contribution is 5.91. The summed E-state index contributed by atoms with van der Waals surface area (Å²) in [6.45, 7) is 11.5. The lowest BCUT2D eigenvalue weighted by atomic mass is 9.84. The summed E-state index contributed by atoms with van der Waals surface area (Å²) in [6.07, 6.45) is 3.58. The van der Waals surface area contributed by atoms with Gasteiger partial charge in [0.1, 0.15) is 17.2 Å². The third-order valence-corrected chi connectivity index (χ3v) is 7.95. The van der Waals surface area contributed by atoms with Crippen LogP contribution < -0.4 is 9.47 Å². The average molecular weight is 580 g/mol. The second kappa shape index (κ2) is 14.5. The van der Waals surface area contributed by atoms with Gasteiger partial charge in [-0.3, -0.25) is 9.69 Å². The first-order valence-corrected chi connectivity index (χ1v) is 14.3. The highest BCUT2D eigenvalue weighted by Gasteiger charge is 2.28. The molecule has 0 radical (unpaired) electrons. The van der Waals surface area contributed by atoms with Gasteiger partial charge in [-0.15, -0.1) is 12.4 Å². The largest absolute Gasteiger partial charge is 0.508 e. The van der Waals surface area contributed by atoms with Crippen LogP contribution in [0.2, 0.25) is 0 Å². The van der Waals surface area contributed by atoms with Gasteiger partial charge >= 0.3 is 11.9 Å². The molecule has 1 N–H and O–H groups in total. The monoisotopic (exact) mass is 579 g/mol. The quantitative estimate of drug-likeness (QED) is 0.185. The minimum atomic E-state index is -0.513. The molecular formula is C34H42ClNO5. The van der Waals surface area contributed by atoms with Crippen LogP contribution in [0.4, 0.5) is 0 Å². The van der Waals surface area contributed by atoms with Crippen LogP contribution in [-0.2, 0) is 4.79 Å². The molecule has 1 aliphatic carbocycles. The molecule has 1 atom stereocenters. The maximum atomic E-state index is 13.3. The van der Waals surface area contributed by atoms with Gasteiger partial charge in [0.2, 0.25) is 0 Å². The van der Waals surface area contributed by atoms with Gasteiger partial charge in [-0.2, -0.15) is 0 Å². The molecule has 7 heteroatoms. The van der Waals surface area contributed by atoms with E-state index in [4.69, 9.17) is 9.47 Å². The molecule has 0 spiro atoms. The van der Waals surface area contributed by atoms with E-state index in [1.54, 1.807) is 36.4 Å². The highest BCUT2D eigenvalue weighted by Crippen LogP contribution is 2.41. The molecular weight excluding hydrogens is 538 g/mol. The van der Waals surface area contributed by atoms with E-state index in [1.165, 1.54) is 0 Å². The van der Waals surface area contributed by atoms with Crippen LogP contribution in [0.1, 0.15) is 86.3 Å². The van der Waals surface area contributed by atoms with Crippen LogP contribution in [0.3, 0.4) is 0 Å². The number of hydrogen-bond donors (Lipinski definition) is 1. The lowest BCUT2D eigenvalue weighted by Crippen LogP contribution is -2.38. The normalized spacial score (nSPS) is 14.0. The molecule has 220 valence electrons. The minimum Gasteiger partial charge on any atom is -0.508 e. The van der Waals surface area contributed by atoms with Crippen molar-refractivity contribution in [3.05, 3.63) is 89.0 Å². The van der Waals surface area contributed by atoms with Crippen molar-refractivity contribution in [3.63, 3.8) is 0 Å². The van der Waals surface area contributed by atoms with Crippen molar-refractivity contribution in [1.29, 1.82) is 0 Å². The molecule has 0 amide bonds. The molecule has 41 heavy (non-hydrogen) atoms. The molecule has 1 fully saturated rings. The number of hydrogen-bond acceptors (Lipinski definition) is 6. The van der Waals surface area contributed by atoms with Gasteiger partial charge in [-0.25, -0.2) is 4.79 Å². The summed E-state index contributed by atoms with van der Waals surface area (Å²) in [6, 6.07) is 20.6. The molecule has 3 aromatic rings. The van der Waals surface area contributed by atoms with Gasteiger partial charge in [-0.05, 0) is 108 Å². The summed E-state index contributed by atoms with van der Waals surface area (Å²) < 4.78 is 11.4. The molecule has 1 aliphatic rings. The number of benzene rings is 3. The minimum absolute atomic E-state index is 0. The van der Waals surface area contributed by atoms with Crippen molar-refractivity contribution in [2.45, 2.75) is 78.3 Å². The number of phenols is 1. The lowest BCUT2D eigenvalue weighted by Gasteiger charge is -2.33. The fourth-order valence-electron chi connectivity index (χ4n) is 5.43. The van der Waals surface area contributed by atoms with E-state index in [1.807, 2.05) is 25.1 Å². The molecule has 0 unspecified atom stereocenters. The number of aromatic hydroxyl groups is 1. The number of esters is 2. The molecule has 1 saturated carbocycles. The predicted octanol–water partition coefficient (Wildman–Crippen LogP) is 7.69. The van der Waals surface area contributed by atoms with Crippen LogP contribution in [-0.4, -0.2) is 40.6 Å². The summed E-state index contributed by atoms with van der Waals surface area (Å²) in [5.74, 6) is 0.162. The molecule has 3 aromatic carbocycles. The van der Waals surface area contributed by atoms with E-state index < -0.39 is 5.97 Å². The van der Waals surface area contributed by atoms with Crippen LogP contribution in [0.5, 0.6) is 17.2 Å². The van der Waals surface area contributed by atoms with Crippen molar-refractivity contribution in [2.24, 2.45) is 5.92 Å².